The van der Waals surface area contributed by atoms with Crippen LogP contribution >= 0.6 is 0 Å². The van der Waals surface area contributed by atoms with Gasteiger partial charge in [-0.15, -0.1) is 0 Å². The minimum absolute atomic E-state index is 0.230. The van der Waals surface area contributed by atoms with Crippen molar-refractivity contribution in [3.05, 3.63) is 23.8 Å². The van der Waals surface area contributed by atoms with E-state index < -0.39 is 0 Å². The molecule has 0 saturated heterocycles. The van der Waals surface area contributed by atoms with E-state index in [1.807, 2.05) is 31.1 Å². The molecule has 2 rings (SSSR count). The van der Waals surface area contributed by atoms with Gasteiger partial charge in [0.25, 0.3) is 0 Å². The molecule has 1 aromatic carbocycles. The van der Waals surface area contributed by atoms with Crippen molar-refractivity contribution in [2.75, 3.05) is 24.3 Å². The first kappa shape index (κ1) is 16.2. The largest absolute Gasteiger partial charge is 0.378 e. The molecule has 5 heteroatoms. The molecule has 1 saturated carbocycles. The highest BCUT2D eigenvalue weighted by Crippen LogP contribution is 2.24. The topological polar surface area (TPSA) is 68.2 Å². The number of nitriles is 1. The smallest absolute Gasteiger partial charge is 0.319 e. The Labute approximate surface area is 132 Å². The van der Waals surface area contributed by atoms with E-state index in [0.717, 1.165) is 37.3 Å². The molecule has 0 atom stereocenters. The number of rotatable bonds is 3. The van der Waals surface area contributed by atoms with Gasteiger partial charge in [-0.1, -0.05) is 6.92 Å². The lowest BCUT2D eigenvalue weighted by Crippen LogP contribution is -2.40. The zero-order valence-electron chi connectivity index (χ0n) is 13.5. The minimum atomic E-state index is -0.230. The van der Waals surface area contributed by atoms with Crippen LogP contribution in [0.5, 0.6) is 0 Å². The summed E-state index contributed by atoms with van der Waals surface area (Å²) in [4.78, 5) is 14.1. The Balaban J connectivity index is 2.01. The highest BCUT2D eigenvalue weighted by molar-refractivity contribution is 5.91. The van der Waals surface area contributed by atoms with Crippen LogP contribution < -0.4 is 15.5 Å². The van der Waals surface area contributed by atoms with Gasteiger partial charge in [0, 0.05) is 25.8 Å². The van der Waals surface area contributed by atoms with Crippen LogP contribution in [0.3, 0.4) is 0 Å². The summed E-state index contributed by atoms with van der Waals surface area (Å²) in [6, 6.07) is 7.54. The molecular weight excluding hydrogens is 276 g/mol. The van der Waals surface area contributed by atoms with E-state index >= 15 is 0 Å². The zero-order chi connectivity index (χ0) is 16.1. The third-order valence-electron chi connectivity index (χ3n) is 4.24. The number of hydrogen-bond acceptors (Lipinski definition) is 3. The van der Waals surface area contributed by atoms with Gasteiger partial charge < -0.3 is 15.5 Å². The second-order valence-electron chi connectivity index (χ2n) is 6.29. The maximum atomic E-state index is 12.2. The van der Waals surface area contributed by atoms with Crippen molar-refractivity contribution in [2.24, 2.45) is 5.92 Å². The van der Waals surface area contributed by atoms with Gasteiger partial charge in [-0.05, 0) is 49.8 Å². The van der Waals surface area contributed by atoms with E-state index in [-0.39, 0.29) is 12.1 Å². The predicted octanol–water partition coefficient (Wildman–Crippen LogP) is 3.32. The fourth-order valence-electron chi connectivity index (χ4n) is 2.76. The van der Waals surface area contributed by atoms with Crippen LogP contribution in [0.1, 0.15) is 38.2 Å². The lowest BCUT2D eigenvalue weighted by Gasteiger charge is -2.27. The molecule has 1 aliphatic carbocycles. The normalized spacial score (nSPS) is 20.8. The quantitative estimate of drug-likeness (QED) is 0.899. The number of benzene rings is 1. The second kappa shape index (κ2) is 7.17. The molecule has 0 bridgehead atoms. The number of nitrogens with one attached hydrogen (secondary N) is 2. The molecular formula is C17H24N4O. The van der Waals surface area contributed by atoms with Gasteiger partial charge in [-0.25, -0.2) is 4.79 Å². The van der Waals surface area contributed by atoms with Gasteiger partial charge in [0.1, 0.15) is 6.07 Å². The van der Waals surface area contributed by atoms with Gasteiger partial charge in [-0.3, -0.25) is 0 Å². The van der Waals surface area contributed by atoms with E-state index in [1.54, 1.807) is 6.07 Å². The molecule has 118 valence electrons. The lowest BCUT2D eigenvalue weighted by molar-refractivity contribution is 0.239. The van der Waals surface area contributed by atoms with E-state index in [4.69, 9.17) is 0 Å². The first-order chi connectivity index (χ1) is 10.5. The monoisotopic (exact) mass is 300 g/mol. The van der Waals surface area contributed by atoms with Crippen molar-refractivity contribution in [1.29, 1.82) is 5.26 Å². The first-order valence-corrected chi connectivity index (χ1v) is 7.78. The van der Waals surface area contributed by atoms with E-state index in [9.17, 15) is 10.1 Å². The summed E-state index contributed by atoms with van der Waals surface area (Å²) in [6.07, 6.45) is 4.36. The maximum Gasteiger partial charge on any atom is 0.319 e. The average molecular weight is 300 g/mol. The highest BCUT2D eigenvalue weighted by atomic mass is 16.2. The molecule has 5 nitrogen and oxygen atoms in total. The first-order valence-electron chi connectivity index (χ1n) is 7.78. The van der Waals surface area contributed by atoms with Crippen molar-refractivity contribution >= 4 is 17.4 Å². The Morgan fingerprint density at radius 3 is 2.55 bits per heavy atom. The second-order valence-corrected chi connectivity index (χ2v) is 6.29. The molecule has 2 N–H and O–H groups in total. The Kier molecular flexibility index (Phi) is 5.26. The van der Waals surface area contributed by atoms with Gasteiger partial charge in [-0.2, -0.15) is 5.26 Å². The van der Waals surface area contributed by atoms with Crippen LogP contribution in [0, 0.1) is 17.2 Å². The molecule has 1 aliphatic rings. The van der Waals surface area contributed by atoms with Crippen molar-refractivity contribution in [1.82, 2.24) is 5.32 Å². The minimum Gasteiger partial charge on any atom is -0.378 e. The van der Waals surface area contributed by atoms with E-state index in [0.29, 0.717) is 11.3 Å². The van der Waals surface area contributed by atoms with Crippen LogP contribution in [0.2, 0.25) is 0 Å². The Hall–Kier alpha value is -2.22. The number of amides is 2. The standard InChI is InChI=1S/C17H24N4O/c1-12-4-7-14(8-5-12)19-17(22)20-16-10-15(21(2)3)9-6-13(16)11-18/h6,9-10,12,14H,4-5,7-8H2,1-3H3,(H2,19,20,22). The molecule has 0 radical (unpaired) electrons. The van der Waals surface area contributed by atoms with Crippen molar-refractivity contribution < 1.29 is 4.79 Å². The molecule has 1 fully saturated rings. The van der Waals surface area contributed by atoms with Gasteiger partial charge >= 0.3 is 6.03 Å². The lowest BCUT2D eigenvalue weighted by atomic mass is 9.87. The van der Waals surface area contributed by atoms with Gasteiger partial charge in [0.2, 0.25) is 0 Å². The predicted molar refractivity (Wildman–Crippen MR) is 89.1 cm³/mol. The number of carbonyl (C=O) groups excluding carboxylic acids is 1. The zero-order valence-corrected chi connectivity index (χ0v) is 13.5. The van der Waals surface area contributed by atoms with Crippen LogP contribution in [-0.4, -0.2) is 26.2 Å². The summed E-state index contributed by atoms with van der Waals surface area (Å²) < 4.78 is 0. The molecule has 0 unspecified atom stereocenters. The molecule has 0 aromatic heterocycles. The van der Waals surface area contributed by atoms with E-state index in [1.165, 1.54) is 0 Å². The maximum absolute atomic E-state index is 12.2. The summed E-state index contributed by atoms with van der Waals surface area (Å²) in [5.74, 6) is 0.753. The molecule has 0 heterocycles. The number of anilines is 2. The third kappa shape index (κ3) is 4.14. The molecule has 2 amide bonds. The van der Waals surface area contributed by atoms with Crippen LogP contribution in [0.4, 0.5) is 16.2 Å². The Bertz CT molecular complexity index is 569. The van der Waals surface area contributed by atoms with Crippen LogP contribution in [-0.2, 0) is 0 Å². The fraction of sp³-hybridized carbons (Fsp3) is 0.529. The third-order valence-corrected chi connectivity index (χ3v) is 4.24. The number of carbonyl (C=O) groups is 1. The van der Waals surface area contributed by atoms with Crippen LogP contribution in [0.15, 0.2) is 18.2 Å². The summed E-state index contributed by atoms with van der Waals surface area (Å²) in [5.41, 5.74) is 1.97. The SMILES string of the molecule is CC1CCC(NC(=O)Nc2cc(N(C)C)ccc2C#N)CC1. The summed E-state index contributed by atoms with van der Waals surface area (Å²) in [7, 11) is 3.85. The number of nitrogens with zero attached hydrogens (tertiary/aromatic N) is 2. The van der Waals surface area contributed by atoms with Crippen molar-refractivity contribution in [2.45, 2.75) is 38.6 Å². The Morgan fingerprint density at radius 2 is 1.95 bits per heavy atom. The van der Waals surface area contributed by atoms with Gasteiger partial charge in [0.05, 0.1) is 11.3 Å². The average Bonchev–Trinajstić information content (AvgIpc) is 2.49. The van der Waals surface area contributed by atoms with Gasteiger partial charge in [0.15, 0.2) is 0 Å². The highest BCUT2D eigenvalue weighted by Gasteiger charge is 2.20. The fourth-order valence-corrected chi connectivity index (χ4v) is 2.76. The van der Waals surface area contributed by atoms with Crippen molar-refractivity contribution in [3.63, 3.8) is 0 Å². The number of hydrogen-bond donors (Lipinski definition) is 2. The molecule has 0 aliphatic heterocycles. The summed E-state index contributed by atoms with van der Waals surface area (Å²) in [5, 5.41) is 15.0. The summed E-state index contributed by atoms with van der Waals surface area (Å²) >= 11 is 0. The van der Waals surface area contributed by atoms with Crippen LogP contribution in [0.25, 0.3) is 0 Å². The Morgan fingerprint density at radius 1 is 1.27 bits per heavy atom. The summed E-state index contributed by atoms with van der Waals surface area (Å²) in [6.45, 7) is 2.25. The molecule has 1 aromatic rings. The number of urea groups is 1. The van der Waals surface area contributed by atoms with E-state index in [2.05, 4.69) is 23.6 Å². The molecule has 22 heavy (non-hydrogen) atoms. The molecule has 0 spiro atoms. The van der Waals surface area contributed by atoms with Crippen molar-refractivity contribution in [3.8, 4) is 6.07 Å².